The molecule has 1 amide bonds. The molecule has 1 aromatic heterocycles. The Morgan fingerprint density at radius 1 is 1.43 bits per heavy atom. The minimum Gasteiger partial charge on any atom is -0.477 e. The number of rotatable bonds is 5. The Balaban J connectivity index is 2.19. The van der Waals surface area contributed by atoms with E-state index in [2.05, 4.69) is 10.3 Å². The third kappa shape index (κ3) is 3.85. The molecule has 1 aliphatic rings. The normalized spacial score (nSPS) is 21.9. The van der Waals surface area contributed by atoms with Crippen molar-refractivity contribution in [1.82, 2.24) is 4.98 Å². The minimum absolute atomic E-state index is 0.297. The van der Waals surface area contributed by atoms with Gasteiger partial charge in [-0.25, -0.2) is 0 Å². The molecule has 0 spiro atoms. The average molecular weight is 292 g/mol. The fourth-order valence-electron chi connectivity index (χ4n) is 2.62. The predicted molar refractivity (Wildman–Crippen MR) is 82.5 cm³/mol. The molecule has 1 aliphatic carbocycles. The largest absolute Gasteiger partial charge is 0.477 e. The van der Waals surface area contributed by atoms with Gasteiger partial charge in [-0.15, -0.1) is 0 Å². The zero-order valence-corrected chi connectivity index (χ0v) is 12.7. The van der Waals surface area contributed by atoms with Crippen molar-refractivity contribution >= 4 is 11.7 Å². The molecule has 0 saturated heterocycles. The summed E-state index contributed by atoms with van der Waals surface area (Å²) in [6.07, 6.45) is 4.11. The van der Waals surface area contributed by atoms with Crippen LogP contribution < -0.4 is 21.5 Å². The van der Waals surface area contributed by atoms with E-state index in [0.29, 0.717) is 30.1 Å². The van der Waals surface area contributed by atoms with Gasteiger partial charge < -0.3 is 21.5 Å². The topological polar surface area (TPSA) is 103 Å². The summed E-state index contributed by atoms with van der Waals surface area (Å²) in [6.45, 7) is 4.20. The van der Waals surface area contributed by atoms with Crippen molar-refractivity contribution < 1.29 is 9.53 Å². The summed E-state index contributed by atoms with van der Waals surface area (Å²) in [5.74, 6) is 0.527. The summed E-state index contributed by atoms with van der Waals surface area (Å²) in [4.78, 5) is 15.9. The lowest BCUT2D eigenvalue weighted by molar-refractivity contribution is 0.0995. The number of pyridine rings is 1. The number of aromatic nitrogens is 1. The van der Waals surface area contributed by atoms with Crippen LogP contribution in [0, 0.1) is 6.92 Å². The number of carbonyl (C=O) groups excluding carboxylic acids is 1. The van der Waals surface area contributed by atoms with E-state index >= 15 is 0 Å². The smallest absolute Gasteiger partial charge is 0.254 e. The van der Waals surface area contributed by atoms with Gasteiger partial charge in [0, 0.05) is 12.1 Å². The summed E-state index contributed by atoms with van der Waals surface area (Å²) in [6, 6.07) is 2.41. The number of hydrogen-bond donors (Lipinski definition) is 3. The number of anilines is 1. The first-order valence-electron chi connectivity index (χ1n) is 7.47. The van der Waals surface area contributed by atoms with Crippen LogP contribution in [0.15, 0.2) is 6.07 Å². The molecule has 0 unspecified atom stereocenters. The van der Waals surface area contributed by atoms with E-state index in [1.807, 2.05) is 13.8 Å². The highest BCUT2D eigenvalue weighted by Gasteiger charge is 2.21. The Hall–Kier alpha value is -1.82. The Bertz CT molecular complexity index is 511. The lowest BCUT2D eigenvalue weighted by Crippen LogP contribution is -2.33. The van der Waals surface area contributed by atoms with Crippen LogP contribution in [0.1, 0.15) is 48.5 Å². The molecule has 0 aliphatic heterocycles. The molecule has 2 rings (SSSR count). The molecule has 6 nitrogen and oxygen atoms in total. The van der Waals surface area contributed by atoms with E-state index in [1.165, 1.54) is 0 Å². The molecule has 0 bridgehead atoms. The number of amides is 1. The van der Waals surface area contributed by atoms with Gasteiger partial charge in [-0.2, -0.15) is 4.98 Å². The number of hydrogen-bond acceptors (Lipinski definition) is 5. The summed E-state index contributed by atoms with van der Waals surface area (Å²) in [5.41, 5.74) is 12.5. The molecular formula is C15H24N4O2. The SMILES string of the molecule is CCOc1nc(N[C@H]2CC[C@H](N)CC2)c(C)cc1C(N)=O. The van der Waals surface area contributed by atoms with Crippen LogP contribution in [0.25, 0.3) is 0 Å². The molecule has 5 N–H and O–H groups in total. The van der Waals surface area contributed by atoms with Crippen LogP contribution in [0.5, 0.6) is 5.88 Å². The maximum Gasteiger partial charge on any atom is 0.254 e. The second-order valence-corrected chi connectivity index (χ2v) is 5.56. The van der Waals surface area contributed by atoms with Crippen molar-refractivity contribution in [1.29, 1.82) is 0 Å². The van der Waals surface area contributed by atoms with E-state index in [1.54, 1.807) is 6.07 Å². The second kappa shape index (κ2) is 6.76. The van der Waals surface area contributed by atoms with E-state index in [9.17, 15) is 4.79 Å². The highest BCUT2D eigenvalue weighted by Crippen LogP contribution is 2.26. The first-order valence-corrected chi connectivity index (χ1v) is 7.47. The fraction of sp³-hybridized carbons (Fsp3) is 0.600. The molecular weight excluding hydrogens is 268 g/mol. The van der Waals surface area contributed by atoms with Gasteiger partial charge in [0.25, 0.3) is 5.91 Å². The first kappa shape index (κ1) is 15.6. The van der Waals surface area contributed by atoms with Crippen molar-refractivity contribution in [3.8, 4) is 5.88 Å². The molecule has 1 fully saturated rings. The number of primary amides is 1. The van der Waals surface area contributed by atoms with Crippen molar-refractivity contribution in [2.24, 2.45) is 11.5 Å². The van der Waals surface area contributed by atoms with Gasteiger partial charge in [0.05, 0.1) is 6.61 Å². The van der Waals surface area contributed by atoms with Gasteiger partial charge in [0.15, 0.2) is 0 Å². The van der Waals surface area contributed by atoms with Crippen molar-refractivity contribution in [3.63, 3.8) is 0 Å². The standard InChI is InChI=1S/C15H24N4O2/c1-3-21-15-12(13(17)20)8-9(2)14(19-15)18-11-6-4-10(16)5-7-11/h8,10-11H,3-7,16H2,1-2H3,(H2,17,20)(H,18,19)/t10-,11-. The second-order valence-electron chi connectivity index (χ2n) is 5.56. The number of carbonyl (C=O) groups is 1. The van der Waals surface area contributed by atoms with Crippen LogP contribution in [-0.2, 0) is 0 Å². The van der Waals surface area contributed by atoms with Crippen LogP contribution >= 0.6 is 0 Å². The zero-order chi connectivity index (χ0) is 15.4. The van der Waals surface area contributed by atoms with Crippen LogP contribution in [0.4, 0.5) is 5.82 Å². The Morgan fingerprint density at radius 2 is 2.10 bits per heavy atom. The molecule has 1 aromatic rings. The van der Waals surface area contributed by atoms with Crippen molar-refractivity contribution in [3.05, 3.63) is 17.2 Å². The highest BCUT2D eigenvalue weighted by molar-refractivity contribution is 5.95. The Morgan fingerprint density at radius 3 is 2.67 bits per heavy atom. The van der Waals surface area contributed by atoms with Crippen LogP contribution in [0.2, 0.25) is 0 Å². The molecule has 0 aromatic carbocycles. The molecule has 1 saturated carbocycles. The number of nitrogens with two attached hydrogens (primary N) is 2. The van der Waals surface area contributed by atoms with Crippen LogP contribution in [0.3, 0.4) is 0 Å². The highest BCUT2D eigenvalue weighted by atomic mass is 16.5. The maximum absolute atomic E-state index is 11.5. The summed E-state index contributed by atoms with van der Waals surface area (Å²) < 4.78 is 5.43. The summed E-state index contributed by atoms with van der Waals surface area (Å²) >= 11 is 0. The van der Waals surface area contributed by atoms with E-state index in [-0.39, 0.29) is 0 Å². The average Bonchev–Trinajstić information content (AvgIpc) is 2.44. The minimum atomic E-state index is -0.524. The van der Waals surface area contributed by atoms with Gasteiger partial charge in [0.2, 0.25) is 5.88 Å². The fourth-order valence-corrected chi connectivity index (χ4v) is 2.62. The lowest BCUT2D eigenvalue weighted by atomic mass is 9.92. The lowest BCUT2D eigenvalue weighted by Gasteiger charge is -2.28. The third-order valence-electron chi connectivity index (χ3n) is 3.84. The quantitative estimate of drug-likeness (QED) is 0.764. The van der Waals surface area contributed by atoms with Gasteiger partial charge in [-0.1, -0.05) is 0 Å². The molecule has 116 valence electrons. The Kier molecular flexibility index (Phi) is 5.01. The first-order chi connectivity index (χ1) is 10.0. The van der Waals surface area contributed by atoms with E-state index in [0.717, 1.165) is 37.1 Å². The zero-order valence-electron chi connectivity index (χ0n) is 12.7. The van der Waals surface area contributed by atoms with Crippen LogP contribution in [-0.4, -0.2) is 29.6 Å². The van der Waals surface area contributed by atoms with E-state index < -0.39 is 5.91 Å². The van der Waals surface area contributed by atoms with Crippen molar-refractivity contribution in [2.75, 3.05) is 11.9 Å². The van der Waals surface area contributed by atoms with Gasteiger partial charge in [-0.3, -0.25) is 4.79 Å². The molecule has 21 heavy (non-hydrogen) atoms. The molecule has 0 radical (unpaired) electrons. The predicted octanol–water partition coefficient (Wildman–Crippen LogP) is 1.57. The molecule has 0 atom stereocenters. The van der Waals surface area contributed by atoms with Crippen molar-refractivity contribution in [2.45, 2.75) is 51.6 Å². The number of nitrogens with one attached hydrogen (secondary N) is 1. The molecule has 1 heterocycles. The van der Waals surface area contributed by atoms with Gasteiger partial charge >= 0.3 is 0 Å². The Labute approximate surface area is 125 Å². The van der Waals surface area contributed by atoms with E-state index in [4.69, 9.17) is 16.2 Å². The third-order valence-corrected chi connectivity index (χ3v) is 3.84. The summed E-state index contributed by atoms with van der Waals surface area (Å²) in [7, 11) is 0. The monoisotopic (exact) mass is 292 g/mol. The number of ether oxygens (including phenoxy) is 1. The number of nitrogens with zero attached hydrogens (tertiary/aromatic N) is 1. The van der Waals surface area contributed by atoms with Gasteiger partial charge in [-0.05, 0) is 51.2 Å². The summed E-state index contributed by atoms with van der Waals surface area (Å²) in [5, 5.41) is 3.44. The van der Waals surface area contributed by atoms with Gasteiger partial charge in [0.1, 0.15) is 11.4 Å². The maximum atomic E-state index is 11.5. The number of aryl methyl sites for hydroxylation is 1. The molecule has 6 heteroatoms.